The van der Waals surface area contributed by atoms with Gasteiger partial charge in [-0.3, -0.25) is 0 Å². The van der Waals surface area contributed by atoms with E-state index < -0.39 is 0 Å². The van der Waals surface area contributed by atoms with Crippen LogP contribution in [0.2, 0.25) is 0 Å². The van der Waals surface area contributed by atoms with Gasteiger partial charge in [-0.1, -0.05) is 64.1 Å². The number of allylic oxidation sites excluding steroid dienone is 3. The fourth-order valence-corrected chi connectivity index (χ4v) is 2.79. The van der Waals surface area contributed by atoms with Crippen LogP contribution in [0.3, 0.4) is 0 Å². The van der Waals surface area contributed by atoms with Gasteiger partial charge in [-0.2, -0.15) is 0 Å². The predicted octanol–water partition coefficient (Wildman–Crippen LogP) is 4.83. The summed E-state index contributed by atoms with van der Waals surface area (Å²) in [6.45, 7) is 10.0. The van der Waals surface area contributed by atoms with Crippen molar-refractivity contribution < 1.29 is 0 Å². The Morgan fingerprint density at radius 1 is 1.20 bits per heavy atom. The van der Waals surface area contributed by atoms with Gasteiger partial charge < -0.3 is 5.32 Å². The normalized spacial score (nSPS) is 17.3. The molecule has 0 atom stereocenters. The first kappa shape index (κ1) is 14.9. The molecule has 0 fully saturated rings. The van der Waals surface area contributed by atoms with E-state index in [-0.39, 0.29) is 5.41 Å². The lowest BCUT2D eigenvalue weighted by Crippen LogP contribution is -2.24. The van der Waals surface area contributed by atoms with Gasteiger partial charge >= 0.3 is 0 Å². The summed E-state index contributed by atoms with van der Waals surface area (Å²) in [7, 11) is 0. The lowest BCUT2D eigenvalue weighted by Gasteiger charge is -2.26. The third kappa shape index (κ3) is 3.15. The molecule has 0 aliphatic carbocycles. The minimum absolute atomic E-state index is 0.116. The van der Waals surface area contributed by atoms with Crippen molar-refractivity contribution in [2.24, 2.45) is 0 Å². The summed E-state index contributed by atoms with van der Waals surface area (Å²) in [5, 5.41) is 3.52. The van der Waals surface area contributed by atoms with Crippen LogP contribution in [0.15, 0.2) is 36.4 Å². The molecule has 1 aromatic rings. The highest BCUT2D eigenvalue weighted by Crippen LogP contribution is 2.30. The van der Waals surface area contributed by atoms with Gasteiger partial charge in [-0.05, 0) is 30.4 Å². The highest BCUT2D eigenvalue weighted by atomic mass is 14.9. The van der Waals surface area contributed by atoms with Crippen LogP contribution >= 0.6 is 0 Å². The highest BCUT2D eigenvalue weighted by Gasteiger charge is 2.20. The molecule has 0 unspecified atom stereocenters. The molecule has 1 aliphatic heterocycles. The minimum atomic E-state index is 0.116. The second kappa shape index (κ2) is 6.30. The third-order valence-electron chi connectivity index (χ3n) is 4.03. The van der Waals surface area contributed by atoms with Crippen molar-refractivity contribution in [1.29, 1.82) is 0 Å². The number of hydrogen-bond acceptors (Lipinski definition) is 1. The van der Waals surface area contributed by atoms with Crippen LogP contribution in [0.5, 0.6) is 0 Å². The molecule has 0 spiro atoms. The molecule has 1 heteroatoms. The van der Waals surface area contributed by atoms with Crippen molar-refractivity contribution in [2.75, 3.05) is 6.54 Å². The molecule has 0 aromatic heterocycles. The largest absolute Gasteiger partial charge is 0.384 e. The summed E-state index contributed by atoms with van der Waals surface area (Å²) < 4.78 is 0. The van der Waals surface area contributed by atoms with E-state index in [1.54, 1.807) is 0 Å². The zero-order chi connectivity index (χ0) is 14.6. The topological polar surface area (TPSA) is 12.0 Å². The summed E-state index contributed by atoms with van der Waals surface area (Å²) in [6.07, 6.45) is 10.2. The summed E-state index contributed by atoms with van der Waals surface area (Å²) in [5.41, 5.74) is 5.71. The quantitative estimate of drug-likeness (QED) is 0.772. The third-order valence-corrected chi connectivity index (χ3v) is 4.03. The van der Waals surface area contributed by atoms with E-state index in [0.717, 1.165) is 25.8 Å². The number of benzene rings is 1. The first-order valence-corrected chi connectivity index (χ1v) is 7.84. The maximum Gasteiger partial charge on any atom is 0.0376 e. The maximum atomic E-state index is 3.52. The molecule has 1 heterocycles. The monoisotopic (exact) mass is 269 g/mol. The predicted molar refractivity (Wildman–Crippen MR) is 88.9 cm³/mol. The zero-order valence-corrected chi connectivity index (χ0v) is 13.3. The summed E-state index contributed by atoms with van der Waals surface area (Å²) in [4.78, 5) is 0. The van der Waals surface area contributed by atoms with Gasteiger partial charge in [0.25, 0.3) is 0 Å². The van der Waals surface area contributed by atoms with Crippen LogP contribution < -0.4 is 5.32 Å². The summed E-state index contributed by atoms with van der Waals surface area (Å²) in [5.74, 6) is 0. The van der Waals surface area contributed by atoms with Crippen LogP contribution in [0.4, 0.5) is 0 Å². The molecule has 1 nitrogen and oxygen atoms in total. The van der Waals surface area contributed by atoms with Gasteiger partial charge in [0, 0.05) is 23.2 Å². The Balaban J connectivity index is 2.37. The SMILES string of the molecule is CC/C=C/C(C)(C)c1ccc2c(c1)CCN/C2=C/CC. The van der Waals surface area contributed by atoms with Crippen LogP contribution in [0, 0.1) is 0 Å². The van der Waals surface area contributed by atoms with Crippen LogP contribution in [0.25, 0.3) is 5.70 Å². The number of fused-ring (bicyclic) bond motifs is 1. The molecule has 0 radical (unpaired) electrons. The van der Waals surface area contributed by atoms with Gasteiger partial charge in [0.1, 0.15) is 0 Å². The summed E-state index contributed by atoms with van der Waals surface area (Å²) >= 11 is 0. The smallest absolute Gasteiger partial charge is 0.0376 e. The first-order valence-electron chi connectivity index (χ1n) is 7.84. The van der Waals surface area contributed by atoms with Gasteiger partial charge in [-0.15, -0.1) is 0 Å². The van der Waals surface area contributed by atoms with Gasteiger partial charge in [0.2, 0.25) is 0 Å². The molecular formula is C19H27N. The molecule has 0 saturated heterocycles. The summed E-state index contributed by atoms with van der Waals surface area (Å²) in [6, 6.07) is 6.98. The number of hydrogen-bond donors (Lipinski definition) is 1. The van der Waals surface area contributed by atoms with Crippen LogP contribution in [-0.4, -0.2) is 6.54 Å². The number of nitrogens with one attached hydrogen (secondary N) is 1. The Morgan fingerprint density at radius 2 is 2.00 bits per heavy atom. The lowest BCUT2D eigenvalue weighted by molar-refractivity contribution is 0.664. The minimum Gasteiger partial charge on any atom is -0.384 e. The average molecular weight is 269 g/mol. The van der Waals surface area contributed by atoms with E-state index in [4.69, 9.17) is 0 Å². The Morgan fingerprint density at radius 3 is 2.70 bits per heavy atom. The number of rotatable bonds is 4. The van der Waals surface area contributed by atoms with E-state index in [0.29, 0.717) is 0 Å². The van der Waals surface area contributed by atoms with Crippen LogP contribution in [-0.2, 0) is 11.8 Å². The first-order chi connectivity index (χ1) is 9.58. The second-order valence-corrected chi connectivity index (χ2v) is 6.11. The molecule has 1 N–H and O–H groups in total. The second-order valence-electron chi connectivity index (χ2n) is 6.11. The van der Waals surface area contributed by atoms with E-state index in [2.05, 4.69) is 69.4 Å². The molecule has 1 aliphatic rings. The average Bonchev–Trinajstić information content (AvgIpc) is 2.45. The Hall–Kier alpha value is -1.50. The van der Waals surface area contributed by atoms with Crippen molar-refractivity contribution in [3.63, 3.8) is 0 Å². The molecule has 20 heavy (non-hydrogen) atoms. The molecular weight excluding hydrogens is 242 g/mol. The van der Waals surface area contributed by atoms with E-state index in [1.807, 2.05) is 0 Å². The van der Waals surface area contributed by atoms with E-state index >= 15 is 0 Å². The lowest BCUT2D eigenvalue weighted by atomic mass is 9.81. The molecule has 1 aromatic carbocycles. The molecule has 108 valence electrons. The van der Waals surface area contributed by atoms with Crippen molar-refractivity contribution in [3.8, 4) is 0 Å². The van der Waals surface area contributed by atoms with Gasteiger partial charge in [-0.25, -0.2) is 0 Å². The standard InChI is InChI=1S/C19H27N/c1-5-7-12-19(3,4)16-9-10-17-15(14-16)11-13-20-18(17)8-6-2/h7-10,12,14,20H,5-6,11,13H2,1-4H3/b12-7+,18-8+. The van der Waals surface area contributed by atoms with Crippen molar-refractivity contribution in [3.05, 3.63) is 53.1 Å². The molecule has 0 bridgehead atoms. The zero-order valence-electron chi connectivity index (χ0n) is 13.3. The fourth-order valence-electron chi connectivity index (χ4n) is 2.79. The van der Waals surface area contributed by atoms with Gasteiger partial charge in [0.05, 0.1) is 0 Å². The van der Waals surface area contributed by atoms with Crippen molar-refractivity contribution >= 4 is 5.70 Å². The molecule has 0 amide bonds. The Bertz CT molecular complexity index is 521. The Labute approximate surface area is 123 Å². The highest BCUT2D eigenvalue weighted by molar-refractivity contribution is 5.69. The molecule has 2 rings (SSSR count). The fraction of sp³-hybridized carbons (Fsp3) is 0.474. The molecule has 0 saturated carbocycles. The van der Waals surface area contributed by atoms with Crippen molar-refractivity contribution in [1.82, 2.24) is 5.32 Å². The maximum absolute atomic E-state index is 3.52. The van der Waals surface area contributed by atoms with Crippen molar-refractivity contribution in [2.45, 2.75) is 52.4 Å². The van der Waals surface area contributed by atoms with Crippen LogP contribution in [0.1, 0.15) is 57.2 Å². The van der Waals surface area contributed by atoms with E-state index in [1.165, 1.54) is 22.4 Å². The van der Waals surface area contributed by atoms with Gasteiger partial charge in [0.15, 0.2) is 0 Å². The van der Waals surface area contributed by atoms with E-state index in [9.17, 15) is 0 Å². The Kier molecular flexibility index (Phi) is 4.69.